The molecule has 0 saturated carbocycles. The standard InChI is InChI=1S/C21H19ClN4O4/c1-29-17-8-7-12(9-18(17)30-2)13-11-23-26-16(10-19(27)25-20(13)26)21(28)24-15-6-4-3-5-14(15)22/h3-9,11,16H,10H2,1-2H3,(H,24,28)(H,25,27)/t16-/m1/s1. The van der Waals surface area contributed by atoms with Crippen LogP contribution in [-0.2, 0) is 9.59 Å². The molecule has 2 heterocycles. The van der Waals surface area contributed by atoms with Crippen LogP contribution in [0, 0.1) is 0 Å². The van der Waals surface area contributed by atoms with Gasteiger partial charge in [-0.2, -0.15) is 5.10 Å². The number of methoxy groups -OCH3 is 2. The smallest absolute Gasteiger partial charge is 0.249 e. The summed E-state index contributed by atoms with van der Waals surface area (Å²) < 4.78 is 12.1. The van der Waals surface area contributed by atoms with E-state index in [0.29, 0.717) is 33.6 Å². The Hall–Kier alpha value is -3.52. The lowest BCUT2D eigenvalue weighted by atomic mass is 10.1. The van der Waals surface area contributed by atoms with Crippen molar-refractivity contribution in [2.75, 3.05) is 24.9 Å². The maximum Gasteiger partial charge on any atom is 0.249 e. The maximum absolute atomic E-state index is 12.9. The van der Waals surface area contributed by atoms with E-state index in [-0.39, 0.29) is 18.2 Å². The molecule has 0 saturated heterocycles. The van der Waals surface area contributed by atoms with E-state index in [1.807, 2.05) is 6.07 Å². The van der Waals surface area contributed by atoms with Crippen molar-refractivity contribution >= 4 is 34.9 Å². The number of hydrogen-bond donors (Lipinski definition) is 2. The summed E-state index contributed by atoms with van der Waals surface area (Å²) in [5.74, 6) is 0.927. The fourth-order valence-electron chi connectivity index (χ4n) is 3.37. The molecule has 1 aromatic heterocycles. The van der Waals surface area contributed by atoms with Gasteiger partial charge in [0.2, 0.25) is 11.8 Å². The summed E-state index contributed by atoms with van der Waals surface area (Å²) in [6.07, 6.45) is 1.58. The van der Waals surface area contributed by atoms with Gasteiger partial charge in [-0.3, -0.25) is 9.59 Å². The van der Waals surface area contributed by atoms with Gasteiger partial charge in [-0.25, -0.2) is 4.68 Å². The van der Waals surface area contributed by atoms with Crippen LogP contribution < -0.4 is 20.1 Å². The van der Waals surface area contributed by atoms with E-state index in [4.69, 9.17) is 21.1 Å². The summed E-state index contributed by atoms with van der Waals surface area (Å²) in [5, 5.41) is 10.4. The first kappa shape index (κ1) is 19.8. The topological polar surface area (TPSA) is 94.5 Å². The van der Waals surface area contributed by atoms with E-state index < -0.39 is 6.04 Å². The molecule has 1 atom stereocenters. The van der Waals surface area contributed by atoms with Gasteiger partial charge in [-0.05, 0) is 29.8 Å². The largest absolute Gasteiger partial charge is 0.493 e. The van der Waals surface area contributed by atoms with Gasteiger partial charge in [0.25, 0.3) is 0 Å². The third kappa shape index (κ3) is 3.57. The lowest BCUT2D eigenvalue weighted by molar-refractivity contribution is -0.125. The van der Waals surface area contributed by atoms with Crippen molar-refractivity contribution in [2.24, 2.45) is 0 Å². The normalized spacial score (nSPS) is 15.2. The number of nitrogens with zero attached hydrogens (tertiary/aromatic N) is 2. The number of carbonyl (C=O) groups excluding carboxylic acids is 2. The number of aromatic nitrogens is 2. The minimum atomic E-state index is -0.807. The number of amides is 2. The first-order valence-corrected chi connectivity index (χ1v) is 9.54. The van der Waals surface area contributed by atoms with Crippen molar-refractivity contribution in [1.82, 2.24) is 9.78 Å². The first-order chi connectivity index (χ1) is 14.5. The Morgan fingerprint density at radius 1 is 1.20 bits per heavy atom. The molecular formula is C21H19ClN4O4. The van der Waals surface area contributed by atoms with Gasteiger partial charge < -0.3 is 20.1 Å². The van der Waals surface area contributed by atoms with E-state index in [9.17, 15) is 9.59 Å². The van der Waals surface area contributed by atoms with Crippen molar-refractivity contribution in [1.29, 1.82) is 0 Å². The fraction of sp³-hybridized carbons (Fsp3) is 0.190. The predicted octanol–water partition coefficient (Wildman–Crippen LogP) is 3.74. The molecule has 0 radical (unpaired) electrons. The Morgan fingerprint density at radius 3 is 2.70 bits per heavy atom. The van der Waals surface area contributed by atoms with Crippen molar-refractivity contribution in [3.05, 3.63) is 53.7 Å². The molecule has 0 unspecified atom stereocenters. The number of fused-ring (bicyclic) bond motifs is 1. The van der Waals surface area contributed by atoms with Gasteiger partial charge in [-0.1, -0.05) is 29.8 Å². The van der Waals surface area contributed by atoms with Gasteiger partial charge in [0, 0.05) is 5.56 Å². The Balaban J connectivity index is 1.69. The summed E-state index contributed by atoms with van der Waals surface area (Å²) in [5.41, 5.74) is 1.91. The van der Waals surface area contributed by atoms with E-state index in [1.54, 1.807) is 56.8 Å². The van der Waals surface area contributed by atoms with Crippen molar-refractivity contribution in [3.63, 3.8) is 0 Å². The van der Waals surface area contributed by atoms with Gasteiger partial charge in [0.05, 0.1) is 37.5 Å². The van der Waals surface area contributed by atoms with Crippen LogP contribution in [0.5, 0.6) is 11.5 Å². The molecule has 2 aromatic carbocycles. The second-order valence-electron chi connectivity index (χ2n) is 6.66. The average Bonchev–Trinajstić information content (AvgIpc) is 3.17. The van der Waals surface area contributed by atoms with Crippen LogP contribution in [0.3, 0.4) is 0 Å². The first-order valence-electron chi connectivity index (χ1n) is 9.17. The minimum absolute atomic E-state index is 0.0314. The van der Waals surface area contributed by atoms with Crippen molar-refractivity contribution in [3.8, 4) is 22.6 Å². The summed E-state index contributed by atoms with van der Waals surface area (Å²) in [7, 11) is 3.10. The van der Waals surface area contributed by atoms with Crippen LogP contribution >= 0.6 is 11.6 Å². The van der Waals surface area contributed by atoms with E-state index in [1.165, 1.54) is 4.68 Å². The lowest BCUT2D eigenvalue weighted by Crippen LogP contribution is -2.35. The molecule has 0 aliphatic carbocycles. The summed E-state index contributed by atoms with van der Waals surface area (Å²) in [4.78, 5) is 25.3. The number of carbonyl (C=O) groups is 2. The van der Waals surface area contributed by atoms with Crippen LogP contribution in [0.15, 0.2) is 48.7 Å². The molecule has 0 bridgehead atoms. The molecule has 4 rings (SSSR count). The molecule has 8 nitrogen and oxygen atoms in total. The van der Waals surface area contributed by atoms with Crippen LogP contribution in [0.25, 0.3) is 11.1 Å². The Labute approximate surface area is 177 Å². The highest BCUT2D eigenvalue weighted by molar-refractivity contribution is 6.33. The molecule has 2 N–H and O–H groups in total. The van der Waals surface area contributed by atoms with Gasteiger partial charge in [-0.15, -0.1) is 0 Å². The Bertz CT molecular complexity index is 1130. The number of rotatable bonds is 5. The lowest BCUT2D eigenvalue weighted by Gasteiger charge is -2.24. The van der Waals surface area contributed by atoms with Crippen LogP contribution in [0.1, 0.15) is 12.5 Å². The van der Waals surface area contributed by atoms with Crippen molar-refractivity contribution < 1.29 is 19.1 Å². The number of benzene rings is 2. The maximum atomic E-state index is 12.9. The zero-order valence-corrected chi connectivity index (χ0v) is 17.1. The van der Waals surface area contributed by atoms with Gasteiger partial charge >= 0.3 is 0 Å². The summed E-state index contributed by atoms with van der Waals surface area (Å²) in [6.45, 7) is 0. The highest BCUT2D eigenvalue weighted by Crippen LogP contribution is 2.38. The third-order valence-corrected chi connectivity index (χ3v) is 5.19. The SMILES string of the molecule is COc1ccc(-c2cnn3c2NC(=O)C[C@@H]3C(=O)Nc2ccccc2Cl)cc1OC. The minimum Gasteiger partial charge on any atom is -0.493 e. The summed E-state index contributed by atoms with van der Waals surface area (Å²) in [6, 6.07) is 11.5. The number of halogens is 1. The second-order valence-corrected chi connectivity index (χ2v) is 7.07. The van der Waals surface area contributed by atoms with E-state index >= 15 is 0 Å². The Morgan fingerprint density at radius 2 is 1.97 bits per heavy atom. The molecule has 2 amide bonds. The average molecular weight is 427 g/mol. The quantitative estimate of drug-likeness (QED) is 0.648. The molecule has 30 heavy (non-hydrogen) atoms. The second kappa shape index (κ2) is 8.08. The molecule has 9 heteroatoms. The number of nitrogens with one attached hydrogen (secondary N) is 2. The summed E-state index contributed by atoms with van der Waals surface area (Å²) >= 11 is 6.14. The number of hydrogen-bond acceptors (Lipinski definition) is 5. The third-order valence-electron chi connectivity index (χ3n) is 4.86. The molecule has 3 aromatic rings. The highest BCUT2D eigenvalue weighted by atomic mass is 35.5. The van der Waals surface area contributed by atoms with Crippen molar-refractivity contribution in [2.45, 2.75) is 12.5 Å². The van der Waals surface area contributed by atoms with E-state index in [2.05, 4.69) is 15.7 Å². The molecule has 0 fully saturated rings. The van der Waals surface area contributed by atoms with Crippen LogP contribution in [0.2, 0.25) is 5.02 Å². The molecule has 1 aliphatic heterocycles. The Kier molecular flexibility index (Phi) is 5.33. The zero-order chi connectivity index (χ0) is 21.3. The number of ether oxygens (including phenoxy) is 2. The predicted molar refractivity (Wildman–Crippen MR) is 113 cm³/mol. The molecular weight excluding hydrogens is 408 g/mol. The molecule has 154 valence electrons. The van der Waals surface area contributed by atoms with E-state index in [0.717, 1.165) is 5.56 Å². The molecule has 0 spiro atoms. The van der Waals surface area contributed by atoms with Gasteiger partial charge in [0.1, 0.15) is 11.9 Å². The molecule has 1 aliphatic rings. The highest BCUT2D eigenvalue weighted by Gasteiger charge is 2.33. The number of para-hydroxylation sites is 1. The fourth-order valence-corrected chi connectivity index (χ4v) is 3.55. The van der Waals surface area contributed by atoms with Crippen LogP contribution in [-0.4, -0.2) is 35.8 Å². The zero-order valence-electron chi connectivity index (χ0n) is 16.3. The van der Waals surface area contributed by atoms with Gasteiger partial charge in [0.15, 0.2) is 11.5 Å². The number of anilines is 2. The van der Waals surface area contributed by atoms with Crippen LogP contribution in [0.4, 0.5) is 11.5 Å². The monoisotopic (exact) mass is 426 g/mol.